The first-order chi connectivity index (χ1) is 28.2. The van der Waals surface area contributed by atoms with Gasteiger partial charge in [0.1, 0.15) is 0 Å². The number of benzene rings is 8. The van der Waals surface area contributed by atoms with Crippen LogP contribution in [0.2, 0.25) is 0 Å². The second-order valence-corrected chi connectivity index (χ2v) is 13.8. The van der Waals surface area contributed by atoms with Gasteiger partial charge in [-0.1, -0.05) is 170 Å². The van der Waals surface area contributed by atoms with Gasteiger partial charge in [0.05, 0.1) is 11.0 Å². The van der Waals surface area contributed by atoms with Gasteiger partial charge < -0.3 is 9.47 Å². The topological polar surface area (TPSA) is 8.17 Å². The molecule has 2 heteroatoms. The molecule has 0 aliphatic carbocycles. The van der Waals surface area contributed by atoms with Gasteiger partial charge in [0.2, 0.25) is 0 Å². The summed E-state index contributed by atoms with van der Waals surface area (Å²) in [5.41, 5.74) is 14.0. The Hall–Kier alpha value is -7.42. The Morgan fingerprint density at radius 3 is 1.30 bits per heavy atom. The number of anilines is 3. The van der Waals surface area contributed by atoms with E-state index in [4.69, 9.17) is 0 Å². The molecule has 274 valence electrons. The van der Waals surface area contributed by atoms with E-state index in [0.717, 1.165) is 28.3 Å². The summed E-state index contributed by atoms with van der Waals surface area (Å²) in [4.78, 5) is 2.32. The first kappa shape index (κ1) is 36.6. The van der Waals surface area contributed by atoms with E-state index in [2.05, 4.69) is 228 Å². The number of aromatic nitrogens is 1. The molecule has 0 fully saturated rings. The van der Waals surface area contributed by atoms with Gasteiger partial charge in [-0.15, -0.1) is 0 Å². The first-order valence-corrected chi connectivity index (χ1v) is 19.4. The van der Waals surface area contributed by atoms with Crippen LogP contribution in [0.15, 0.2) is 231 Å². The Morgan fingerprint density at radius 2 is 0.842 bits per heavy atom. The summed E-state index contributed by atoms with van der Waals surface area (Å²) in [7, 11) is 0. The fourth-order valence-electron chi connectivity index (χ4n) is 7.32. The van der Waals surface area contributed by atoms with Crippen LogP contribution >= 0.6 is 0 Å². The lowest BCUT2D eigenvalue weighted by Gasteiger charge is -2.26. The summed E-state index contributed by atoms with van der Waals surface area (Å²) in [5.74, 6) is 0. The maximum absolute atomic E-state index is 3.46. The zero-order valence-electron chi connectivity index (χ0n) is 32.1. The van der Waals surface area contributed by atoms with Gasteiger partial charge >= 0.3 is 0 Å². The lowest BCUT2D eigenvalue weighted by atomic mass is 10.0. The second-order valence-electron chi connectivity index (χ2n) is 13.8. The third kappa shape index (κ3) is 8.17. The highest BCUT2D eigenvalue weighted by Crippen LogP contribution is 2.39. The molecule has 0 bridgehead atoms. The minimum atomic E-state index is 1.10. The molecule has 1 heterocycles. The Balaban J connectivity index is 0.000000859. The molecule has 9 rings (SSSR count). The highest BCUT2D eigenvalue weighted by Gasteiger charge is 2.17. The SMILES string of the molecule is C(=C\c1ccc(N(c2ccccc2)c2ccc(-n3c4ccc(-c5ccccc5)cc4c4cc(-c5ccccc5)ccc43)cc2)cc1)/c1ccccc1.C=C/C=C\C. The molecule has 57 heavy (non-hydrogen) atoms. The third-order valence-electron chi connectivity index (χ3n) is 10.1. The lowest BCUT2D eigenvalue weighted by molar-refractivity contribution is 1.17. The number of hydrogen-bond acceptors (Lipinski definition) is 1. The summed E-state index contributed by atoms with van der Waals surface area (Å²) < 4.78 is 2.40. The fraction of sp³-hybridized carbons (Fsp3) is 0.0182. The van der Waals surface area contributed by atoms with E-state index >= 15 is 0 Å². The Morgan fingerprint density at radius 1 is 0.421 bits per heavy atom. The highest BCUT2D eigenvalue weighted by molar-refractivity contribution is 6.11. The predicted molar refractivity (Wildman–Crippen MR) is 247 cm³/mol. The van der Waals surface area contributed by atoms with Crippen LogP contribution in [-0.2, 0) is 0 Å². The van der Waals surface area contributed by atoms with Crippen LogP contribution < -0.4 is 4.90 Å². The smallest absolute Gasteiger partial charge is 0.0541 e. The van der Waals surface area contributed by atoms with Crippen molar-refractivity contribution in [3.63, 3.8) is 0 Å². The Kier molecular flexibility index (Phi) is 11.1. The van der Waals surface area contributed by atoms with Crippen molar-refractivity contribution in [1.29, 1.82) is 0 Å². The molecule has 2 nitrogen and oxygen atoms in total. The Labute approximate surface area is 336 Å². The predicted octanol–water partition coefficient (Wildman–Crippen LogP) is 15.5. The summed E-state index contributed by atoms with van der Waals surface area (Å²) in [6.07, 6.45) is 9.90. The average molecular weight is 733 g/mol. The molecule has 0 unspecified atom stereocenters. The van der Waals surface area contributed by atoms with Crippen LogP contribution in [0.5, 0.6) is 0 Å². The van der Waals surface area contributed by atoms with E-state index in [1.807, 2.05) is 25.1 Å². The molecule has 0 aliphatic rings. The maximum atomic E-state index is 3.46. The molecule has 0 N–H and O–H groups in total. The second kappa shape index (κ2) is 17.4. The summed E-state index contributed by atoms with van der Waals surface area (Å²) >= 11 is 0. The lowest BCUT2D eigenvalue weighted by Crippen LogP contribution is -2.10. The van der Waals surface area contributed by atoms with Crippen molar-refractivity contribution in [2.45, 2.75) is 6.92 Å². The molecule has 1 aromatic heterocycles. The van der Waals surface area contributed by atoms with E-state index < -0.39 is 0 Å². The number of fused-ring (bicyclic) bond motifs is 3. The maximum Gasteiger partial charge on any atom is 0.0541 e. The minimum Gasteiger partial charge on any atom is -0.311 e. The number of allylic oxidation sites excluding steroid dienone is 3. The van der Waals surface area contributed by atoms with Crippen LogP contribution in [0.3, 0.4) is 0 Å². The Bertz CT molecular complexity index is 2660. The van der Waals surface area contributed by atoms with E-state index in [0.29, 0.717) is 0 Å². The van der Waals surface area contributed by atoms with Crippen LogP contribution in [0.25, 0.3) is 61.9 Å². The third-order valence-corrected chi connectivity index (χ3v) is 10.1. The molecular formula is C55H44N2. The zero-order valence-corrected chi connectivity index (χ0v) is 32.1. The number of rotatable bonds is 9. The molecule has 0 aliphatic heterocycles. The minimum absolute atomic E-state index is 1.10. The summed E-state index contributed by atoms with van der Waals surface area (Å²) in [6, 6.07) is 73.8. The monoisotopic (exact) mass is 732 g/mol. The molecule has 0 saturated carbocycles. The van der Waals surface area contributed by atoms with Gasteiger partial charge in [-0.05, 0) is 113 Å². The highest BCUT2D eigenvalue weighted by atomic mass is 15.1. The fourth-order valence-corrected chi connectivity index (χ4v) is 7.32. The first-order valence-electron chi connectivity index (χ1n) is 19.4. The molecular weight excluding hydrogens is 689 g/mol. The van der Waals surface area contributed by atoms with Crippen molar-refractivity contribution < 1.29 is 0 Å². The van der Waals surface area contributed by atoms with Crippen LogP contribution in [-0.4, -0.2) is 4.57 Å². The number of hydrogen-bond donors (Lipinski definition) is 0. The van der Waals surface area contributed by atoms with Gasteiger partial charge in [-0.25, -0.2) is 0 Å². The molecule has 0 amide bonds. The summed E-state index contributed by atoms with van der Waals surface area (Å²) in [5, 5.41) is 2.48. The van der Waals surface area contributed by atoms with Crippen molar-refractivity contribution in [3.8, 4) is 27.9 Å². The molecule has 8 aromatic carbocycles. The molecule has 0 radical (unpaired) electrons. The van der Waals surface area contributed by atoms with E-state index in [-0.39, 0.29) is 0 Å². The van der Waals surface area contributed by atoms with Gasteiger partial charge in [-0.2, -0.15) is 0 Å². The zero-order chi connectivity index (χ0) is 38.8. The van der Waals surface area contributed by atoms with E-state index in [9.17, 15) is 0 Å². The standard InChI is InChI=1S/C50H36N2.C5H8/c1-5-13-37(14-6-1)21-22-38-23-27-44(28-24-38)51(43-19-11-4-12-20-43)45-29-31-46(32-30-45)52-49-33-25-41(39-15-7-2-8-16-39)35-47(49)48-36-42(26-34-50(48)52)40-17-9-3-10-18-40;1-3-5-4-2/h1-36H;3-5H,1H2,2H3/b22-21+;5-4-. The average Bonchev–Trinajstić information content (AvgIpc) is 3.61. The van der Waals surface area contributed by atoms with Crippen molar-refractivity contribution in [2.24, 2.45) is 0 Å². The summed E-state index contributed by atoms with van der Waals surface area (Å²) in [6.45, 7) is 5.42. The van der Waals surface area contributed by atoms with E-state index in [1.165, 1.54) is 49.6 Å². The van der Waals surface area contributed by atoms with Gasteiger partial charge in [-0.3, -0.25) is 0 Å². The van der Waals surface area contributed by atoms with Gasteiger partial charge in [0.25, 0.3) is 0 Å². The molecule has 0 saturated heterocycles. The van der Waals surface area contributed by atoms with Crippen molar-refractivity contribution in [1.82, 2.24) is 4.57 Å². The molecule has 0 spiro atoms. The number of para-hydroxylation sites is 1. The van der Waals surface area contributed by atoms with Crippen LogP contribution in [0.1, 0.15) is 18.1 Å². The van der Waals surface area contributed by atoms with Gasteiger partial charge in [0.15, 0.2) is 0 Å². The van der Waals surface area contributed by atoms with Crippen molar-refractivity contribution in [3.05, 3.63) is 242 Å². The number of nitrogens with zero attached hydrogens (tertiary/aromatic N) is 2. The van der Waals surface area contributed by atoms with Gasteiger partial charge in [0, 0.05) is 33.5 Å². The van der Waals surface area contributed by atoms with Crippen molar-refractivity contribution in [2.75, 3.05) is 4.90 Å². The van der Waals surface area contributed by atoms with Crippen molar-refractivity contribution >= 4 is 51.0 Å². The normalized spacial score (nSPS) is 11.2. The van der Waals surface area contributed by atoms with Crippen LogP contribution in [0.4, 0.5) is 17.1 Å². The van der Waals surface area contributed by atoms with E-state index in [1.54, 1.807) is 6.08 Å². The largest absolute Gasteiger partial charge is 0.311 e. The molecule has 9 aromatic rings. The quantitative estimate of drug-likeness (QED) is 0.106. The van der Waals surface area contributed by atoms with Crippen LogP contribution in [0, 0.1) is 0 Å². The molecule has 0 atom stereocenters.